The molecule has 1 atom stereocenters. The van der Waals surface area contributed by atoms with Crippen LogP contribution in [0.2, 0.25) is 0 Å². The lowest BCUT2D eigenvalue weighted by Crippen LogP contribution is -2.19. The first-order valence-corrected chi connectivity index (χ1v) is 6.22. The number of rotatable bonds is 3. The van der Waals surface area contributed by atoms with E-state index in [4.69, 9.17) is 0 Å². The average molecular weight is 227 g/mol. The van der Waals surface area contributed by atoms with Crippen LogP contribution in [0.5, 0.6) is 0 Å². The van der Waals surface area contributed by atoms with E-state index in [1.807, 2.05) is 31.2 Å². The smallest absolute Gasteiger partial charge is 0.157 e. The number of Topliss-reactive ketones (excluding diaryl/α,β-unsaturated/α-hetero) is 1. The topological polar surface area (TPSA) is 40.9 Å². The standard InChI is InChI=1S/C15H17NO/c1-11-5-4-8-13(9-11)14(10-16)15(17)12-6-2-3-7-12/h4-5,8-9,12,14H,2-3,6-7H2,1H3. The molecule has 0 N–H and O–H groups in total. The number of hydrogen-bond acceptors (Lipinski definition) is 2. The predicted molar refractivity (Wildman–Crippen MR) is 66.5 cm³/mol. The summed E-state index contributed by atoms with van der Waals surface area (Å²) in [5.41, 5.74) is 1.95. The number of aryl methyl sites for hydroxylation is 1. The highest BCUT2D eigenvalue weighted by atomic mass is 16.1. The molecule has 2 heteroatoms. The molecule has 2 nitrogen and oxygen atoms in total. The third kappa shape index (κ3) is 2.55. The summed E-state index contributed by atoms with van der Waals surface area (Å²) in [6.45, 7) is 1.98. The summed E-state index contributed by atoms with van der Waals surface area (Å²) >= 11 is 0. The lowest BCUT2D eigenvalue weighted by Gasteiger charge is -2.13. The van der Waals surface area contributed by atoms with Gasteiger partial charge in [-0.25, -0.2) is 0 Å². The van der Waals surface area contributed by atoms with Crippen LogP contribution in [-0.2, 0) is 4.79 Å². The Balaban J connectivity index is 2.21. The van der Waals surface area contributed by atoms with Crippen molar-refractivity contribution < 1.29 is 4.79 Å². The summed E-state index contributed by atoms with van der Waals surface area (Å²) in [6, 6.07) is 9.90. The van der Waals surface area contributed by atoms with Crippen LogP contribution in [0, 0.1) is 24.2 Å². The highest BCUT2D eigenvalue weighted by Crippen LogP contribution is 2.31. The van der Waals surface area contributed by atoms with Crippen molar-refractivity contribution >= 4 is 5.78 Å². The second-order valence-corrected chi connectivity index (χ2v) is 4.86. The van der Waals surface area contributed by atoms with Crippen molar-refractivity contribution in [3.63, 3.8) is 0 Å². The van der Waals surface area contributed by atoms with Gasteiger partial charge in [0.2, 0.25) is 0 Å². The lowest BCUT2D eigenvalue weighted by atomic mass is 9.87. The van der Waals surface area contributed by atoms with Gasteiger partial charge in [-0.05, 0) is 25.3 Å². The van der Waals surface area contributed by atoms with Gasteiger partial charge in [0.05, 0.1) is 6.07 Å². The summed E-state index contributed by atoms with van der Waals surface area (Å²) in [4.78, 5) is 12.3. The predicted octanol–water partition coefficient (Wildman–Crippen LogP) is 3.36. The third-order valence-electron chi connectivity index (χ3n) is 3.55. The molecule has 0 bridgehead atoms. The van der Waals surface area contributed by atoms with Crippen molar-refractivity contribution in [2.75, 3.05) is 0 Å². The van der Waals surface area contributed by atoms with Crippen LogP contribution in [0.3, 0.4) is 0 Å². The Morgan fingerprint density at radius 1 is 1.41 bits per heavy atom. The molecule has 0 saturated heterocycles. The van der Waals surface area contributed by atoms with Gasteiger partial charge in [0.25, 0.3) is 0 Å². The van der Waals surface area contributed by atoms with Crippen molar-refractivity contribution in [2.45, 2.75) is 38.5 Å². The maximum Gasteiger partial charge on any atom is 0.157 e. The van der Waals surface area contributed by atoms with Gasteiger partial charge in [0, 0.05) is 5.92 Å². The van der Waals surface area contributed by atoms with Gasteiger partial charge in [-0.3, -0.25) is 4.79 Å². The summed E-state index contributed by atoms with van der Waals surface area (Å²) < 4.78 is 0. The Labute approximate surface area is 102 Å². The molecular weight excluding hydrogens is 210 g/mol. The molecule has 1 aliphatic rings. The number of nitriles is 1. The molecule has 1 unspecified atom stereocenters. The molecule has 0 spiro atoms. The largest absolute Gasteiger partial charge is 0.298 e. The molecule has 1 aromatic rings. The Kier molecular flexibility index (Phi) is 3.58. The first-order valence-electron chi connectivity index (χ1n) is 6.22. The number of ketones is 1. The lowest BCUT2D eigenvalue weighted by molar-refractivity contribution is -0.123. The van der Waals surface area contributed by atoms with Crippen LogP contribution >= 0.6 is 0 Å². The van der Waals surface area contributed by atoms with Gasteiger partial charge < -0.3 is 0 Å². The Morgan fingerprint density at radius 3 is 2.71 bits per heavy atom. The van der Waals surface area contributed by atoms with E-state index in [1.165, 1.54) is 0 Å². The summed E-state index contributed by atoms with van der Waals surface area (Å²) in [5.74, 6) is -0.339. The molecule has 1 aromatic carbocycles. The van der Waals surface area contributed by atoms with Crippen LogP contribution in [0.1, 0.15) is 42.7 Å². The van der Waals surface area contributed by atoms with Crippen LogP contribution in [0.15, 0.2) is 24.3 Å². The van der Waals surface area contributed by atoms with Crippen molar-refractivity contribution in [3.8, 4) is 6.07 Å². The first kappa shape index (κ1) is 11.9. The summed E-state index contributed by atoms with van der Waals surface area (Å²) in [5, 5.41) is 9.23. The van der Waals surface area contributed by atoms with Gasteiger partial charge in [-0.1, -0.05) is 42.7 Å². The zero-order chi connectivity index (χ0) is 12.3. The zero-order valence-electron chi connectivity index (χ0n) is 10.1. The highest BCUT2D eigenvalue weighted by molar-refractivity contribution is 5.90. The molecule has 0 aromatic heterocycles. The SMILES string of the molecule is Cc1cccc(C(C#N)C(=O)C2CCCC2)c1. The number of nitrogens with zero attached hydrogens (tertiary/aromatic N) is 1. The van der Waals surface area contributed by atoms with Gasteiger partial charge in [-0.15, -0.1) is 0 Å². The highest BCUT2D eigenvalue weighted by Gasteiger charge is 2.30. The second kappa shape index (κ2) is 5.14. The van der Waals surface area contributed by atoms with Crippen LogP contribution < -0.4 is 0 Å². The van der Waals surface area contributed by atoms with Crippen molar-refractivity contribution in [1.29, 1.82) is 5.26 Å². The summed E-state index contributed by atoms with van der Waals surface area (Å²) in [6.07, 6.45) is 4.18. The van der Waals surface area contributed by atoms with Crippen molar-refractivity contribution in [3.05, 3.63) is 35.4 Å². The van der Waals surface area contributed by atoms with Crippen molar-refractivity contribution in [2.24, 2.45) is 5.92 Å². The number of benzene rings is 1. The minimum absolute atomic E-state index is 0.111. The van der Waals surface area contributed by atoms with Gasteiger partial charge >= 0.3 is 0 Å². The normalized spacial score (nSPS) is 17.6. The Hall–Kier alpha value is -1.62. The van der Waals surface area contributed by atoms with E-state index in [9.17, 15) is 10.1 Å². The molecule has 17 heavy (non-hydrogen) atoms. The van der Waals surface area contributed by atoms with Crippen LogP contribution in [-0.4, -0.2) is 5.78 Å². The molecule has 2 rings (SSSR count). The quantitative estimate of drug-likeness (QED) is 0.794. The van der Waals surface area contributed by atoms with E-state index in [0.29, 0.717) is 0 Å². The summed E-state index contributed by atoms with van der Waals surface area (Å²) in [7, 11) is 0. The van der Waals surface area contributed by atoms with E-state index in [2.05, 4.69) is 6.07 Å². The molecule has 1 aliphatic carbocycles. The van der Waals surface area contributed by atoms with E-state index < -0.39 is 5.92 Å². The average Bonchev–Trinajstić information content (AvgIpc) is 2.83. The molecule has 1 saturated carbocycles. The monoisotopic (exact) mass is 227 g/mol. The molecule has 0 aliphatic heterocycles. The zero-order valence-corrected chi connectivity index (χ0v) is 10.1. The molecule has 0 radical (unpaired) electrons. The first-order chi connectivity index (χ1) is 8.22. The molecule has 0 heterocycles. The Bertz CT molecular complexity index is 452. The fourth-order valence-electron chi connectivity index (χ4n) is 2.60. The maximum absolute atomic E-state index is 12.3. The van der Waals surface area contributed by atoms with E-state index in [1.54, 1.807) is 0 Å². The van der Waals surface area contributed by atoms with Crippen molar-refractivity contribution in [1.82, 2.24) is 0 Å². The minimum atomic E-state index is -0.571. The fourth-order valence-corrected chi connectivity index (χ4v) is 2.60. The molecule has 88 valence electrons. The van der Waals surface area contributed by atoms with Crippen LogP contribution in [0.25, 0.3) is 0 Å². The van der Waals surface area contributed by atoms with E-state index in [-0.39, 0.29) is 11.7 Å². The molecular formula is C15H17NO. The minimum Gasteiger partial charge on any atom is -0.298 e. The van der Waals surface area contributed by atoms with Gasteiger partial charge in [0.15, 0.2) is 5.78 Å². The maximum atomic E-state index is 12.3. The van der Waals surface area contributed by atoms with Crippen LogP contribution in [0.4, 0.5) is 0 Å². The van der Waals surface area contributed by atoms with Gasteiger partial charge in [0.1, 0.15) is 5.92 Å². The van der Waals surface area contributed by atoms with E-state index >= 15 is 0 Å². The molecule has 0 amide bonds. The number of carbonyl (C=O) groups is 1. The fraction of sp³-hybridized carbons (Fsp3) is 0.467. The Morgan fingerprint density at radius 2 is 2.12 bits per heavy atom. The number of hydrogen-bond donors (Lipinski definition) is 0. The third-order valence-corrected chi connectivity index (χ3v) is 3.55. The number of carbonyl (C=O) groups excluding carboxylic acids is 1. The second-order valence-electron chi connectivity index (χ2n) is 4.86. The van der Waals surface area contributed by atoms with Gasteiger partial charge in [-0.2, -0.15) is 5.26 Å². The van der Waals surface area contributed by atoms with E-state index in [0.717, 1.165) is 36.8 Å². The molecule has 1 fully saturated rings.